The van der Waals surface area contributed by atoms with Crippen LogP contribution in [0.15, 0.2) is 54.6 Å². The first-order valence-corrected chi connectivity index (χ1v) is 19.5. The summed E-state index contributed by atoms with van der Waals surface area (Å²) in [6.45, 7) is 19.6. The molecule has 0 spiro atoms. The van der Waals surface area contributed by atoms with Gasteiger partial charge in [0.2, 0.25) is 5.79 Å². The smallest absolute Gasteiger partial charge is 0.311 e. The molecule has 1 fully saturated rings. The number of hydrogen-bond donors (Lipinski definition) is 0. The monoisotopic (exact) mass is 534 g/mol. The summed E-state index contributed by atoms with van der Waals surface area (Å²) >= 11 is 0. The maximum atomic E-state index is 11.7. The fourth-order valence-corrected chi connectivity index (χ4v) is 4.72. The van der Waals surface area contributed by atoms with Gasteiger partial charge in [-0.1, -0.05) is 68.4 Å². The largest absolute Gasteiger partial charge is 0.469 e. The fraction of sp³-hybridized carbons (Fsp3) is 0.536. The van der Waals surface area contributed by atoms with Crippen LogP contribution in [0.3, 0.4) is 0 Å². The molecule has 3 rings (SSSR count). The number of carbonyl (C=O) groups is 1. The van der Waals surface area contributed by atoms with Crippen molar-refractivity contribution in [2.24, 2.45) is 0 Å². The van der Waals surface area contributed by atoms with E-state index in [2.05, 4.69) is 51.4 Å². The number of esters is 1. The highest BCUT2D eigenvalue weighted by atomic mass is 28.4. The highest BCUT2D eigenvalue weighted by Gasteiger charge is 2.41. The molecule has 0 atom stereocenters. The molecule has 0 bridgehead atoms. The summed E-state index contributed by atoms with van der Waals surface area (Å²) < 4.78 is 27.5. The van der Waals surface area contributed by atoms with Crippen LogP contribution < -0.4 is 0 Å². The molecular weight excluding hydrogens is 488 g/mol. The van der Waals surface area contributed by atoms with Crippen molar-refractivity contribution in [3.8, 4) is 11.1 Å². The van der Waals surface area contributed by atoms with Gasteiger partial charge in [-0.05, 0) is 50.4 Å². The third-order valence-corrected chi connectivity index (χ3v) is 7.08. The molecule has 0 aromatic heterocycles. The Hall–Kier alpha value is -1.82. The molecule has 0 saturated carbocycles. The van der Waals surface area contributed by atoms with Crippen LogP contribution in [0.25, 0.3) is 11.1 Å². The zero-order valence-electron chi connectivity index (χ0n) is 23.7. The number of ether oxygens (including phenoxy) is 3. The topological polar surface area (TPSA) is 63.2 Å². The molecular formula is C28H46O6Si2. The van der Waals surface area contributed by atoms with Crippen molar-refractivity contribution in [3.63, 3.8) is 0 Å². The third-order valence-electron chi connectivity index (χ3n) is 4.94. The molecule has 1 aliphatic heterocycles. The summed E-state index contributed by atoms with van der Waals surface area (Å²) in [4.78, 5) is 11.7. The van der Waals surface area contributed by atoms with E-state index in [1.807, 2.05) is 56.3 Å². The van der Waals surface area contributed by atoms with E-state index in [4.69, 9.17) is 23.1 Å². The van der Waals surface area contributed by atoms with Gasteiger partial charge in [-0.3, -0.25) is 4.79 Å². The predicted molar refractivity (Wildman–Crippen MR) is 152 cm³/mol. The lowest BCUT2D eigenvalue weighted by Crippen LogP contribution is -2.31. The average molecular weight is 535 g/mol. The predicted octanol–water partition coefficient (Wildman–Crippen LogP) is 6.83. The first kappa shape index (κ1) is 32.2. The Morgan fingerprint density at radius 3 is 1.64 bits per heavy atom. The summed E-state index contributed by atoms with van der Waals surface area (Å²) in [7, 11) is -1.27. The van der Waals surface area contributed by atoms with Gasteiger partial charge >= 0.3 is 5.97 Å². The Labute approximate surface area is 220 Å². The van der Waals surface area contributed by atoms with E-state index in [9.17, 15) is 4.79 Å². The standard InChI is InChI=1S/C18H18O4.C8H22O2Si2.C2H6/c1-20-17(19)13-18(21-11-12-22-18)16-9-7-15(8-10-16)14-5-3-2-4-6-14;1-11(2,3)9-7-8-10-12(4,5)6;1-2/h2-10H,11-13H2,1H3;7-8H2,1-6H3;1-2H3. The lowest BCUT2D eigenvalue weighted by atomic mass is 9.98. The van der Waals surface area contributed by atoms with Gasteiger partial charge in [0.15, 0.2) is 16.6 Å². The molecule has 6 nitrogen and oxygen atoms in total. The maximum absolute atomic E-state index is 11.7. The van der Waals surface area contributed by atoms with E-state index in [-0.39, 0.29) is 12.4 Å². The average Bonchev–Trinajstić information content (AvgIpc) is 3.32. The second-order valence-corrected chi connectivity index (χ2v) is 19.1. The first-order valence-electron chi connectivity index (χ1n) is 12.7. The summed E-state index contributed by atoms with van der Waals surface area (Å²) in [5, 5.41) is 0. The van der Waals surface area contributed by atoms with E-state index >= 15 is 0 Å². The zero-order chi connectivity index (χ0) is 27.2. The number of benzene rings is 2. The molecule has 1 heterocycles. The molecule has 0 radical (unpaired) electrons. The van der Waals surface area contributed by atoms with Crippen LogP contribution in [0.4, 0.5) is 0 Å². The van der Waals surface area contributed by atoms with Crippen LogP contribution in [-0.4, -0.2) is 56.1 Å². The van der Waals surface area contributed by atoms with E-state index in [1.165, 1.54) is 7.11 Å². The number of rotatable bonds is 9. The van der Waals surface area contributed by atoms with Crippen molar-refractivity contribution in [2.75, 3.05) is 33.5 Å². The zero-order valence-corrected chi connectivity index (χ0v) is 25.7. The molecule has 36 heavy (non-hydrogen) atoms. The lowest BCUT2D eigenvalue weighted by Gasteiger charge is -2.26. The minimum Gasteiger partial charge on any atom is -0.469 e. The van der Waals surface area contributed by atoms with Crippen molar-refractivity contribution < 1.29 is 27.9 Å². The van der Waals surface area contributed by atoms with Gasteiger partial charge in [0.05, 0.1) is 33.5 Å². The minimum absolute atomic E-state index is 0.0498. The number of hydrogen-bond acceptors (Lipinski definition) is 6. The molecule has 0 aliphatic carbocycles. The molecule has 0 unspecified atom stereocenters. The molecule has 2 aromatic carbocycles. The van der Waals surface area contributed by atoms with Crippen molar-refractivity contribution in [1.82, 2.24) is 0 Å². The molecule has 2 aromatic rings. The van der Waals surface area contributed by atoms with E-state index < -0.39 is 22.4 Å². The Morgan fingerprint density at radius 2 is 1.22 bits per heavy atom. The van der Waals surface area contributed by atoms with Gasteiger partial charge in [0.25, 0.3) is 0 Å². The summed E-state index contributed by atoms with van der Waals surface area (Å²) in [5.41, 5.74) is 3.08. The van der Waals surface area contributed by atoms with Crippen molar-refractivity contribution >= 4 is 22.6 Å². The molecule has 1 aliphatic rings. The number of methoxy groups -OCH3 is 1. The minimum atomic E-state index is -1.32. The SMILES string of the molecule is CC.COC(=O)CC1(c2ccc(-c3ccccc3)cc2)OCCO1.C[Si](C)(C)OCCO[Si](C)(C)C. The van der Waals surface area contributed by atoms with Crippen LogP contribution in [0.1, 0.15) is 25.8 Å². The van der Waals surface area contributed by atoms with E-state index in [0.717, 1.165) is 29.9 Å². The second kappa shape index (κ2) is 15.4. The fourth-order valence-electron chi connectivity index (χ4n) is 3.33. The van der Waals surface area contributed by atoms with Gasteiger partial charge in [-0.2, -0.15) is 0 Å². The Bertz CT molecular complexity index is 852. The van der Waals surface area contributed by atoms with Gasteiger partial charge in [-0.25, -0.2) is 0 Å². The molecule has 1 saturated heterocycles. The van der Waals surface area contributed by atoms with Crippen LogP contribution in [-0.2, 0) is 33.6 Å². The van der Waals surface area contributed by atoms with E-state index in [1.54, 1.807) is 0 Å². The molecule has 0 amide bonds. The van der Waals surface area contributed by atoms with Crippen LogP contribution in [0.2, 0.25) is 39.3 Å². The summed E-state index contributed by atoms with van der Waals surface area (Å²) in [6, 6.07) is 18.0. The molecule has 0 N–H and O–H groups in total. The summed E-state index contributed by atoms with van der Waals surface area (Å²) in [5.74, 6) is -1.38. The van der Waals surface area contributed by atoms with Gasteiger partial charge in [0, 0.05) is 5.56 Å². The normalized spacial score (nSPS) is 14.7. The Balaban J connectivity index is 0.000000396. The molecule has 202 valence electrons. The Morgan fingerprint density at radius 1 is 0.778 bits per heavy atom. The van der Waals surface area contributed by atoms with Crippen molar-refractivity contribution in [2.45, 2.75) is 65.3 Å². The summed E-state index contributed by atoms with van der Waals surface area (Å²) in [6.07, 6.45) is 0.0498. The van der Waals surface area contributed by atoms with Gasteiger partial charge in [-0.15, -0.1) is 0 Å². The highest BCUT2D eigenvalue weighted by Crippen LogP contribution is 2.36. The van der Waals surface area contributed by atoms with Gasteiger partial charge in [0.1, 0.15) is 6.42 Å². The third kappa shape index (κ3) is 11.9. The van der Waals surface area contributed by atoms with Crippen LogP contribution in [0, 0.1) is 0 Å². The second-order valence-electron chi connectivity index (χ2n) is 10.1. The highest BCUT2D eigenvalue weighted by molar-refractivity contribution is 6.70. The first-order chi connectivity index (χ1) is 16.9. The van der Waals surface area contributed by atoms with Gasteiger partial charge < -0.3 is 23.1 Å². The maximum Gasteiger partial charge on any atom is 0.311 e. The lowest BCUT2D eigenvalue weighted by molar-refractivity contribution is -0.186. The Kier molecular flexibility index (Phi) is 13.8. The number of carbonyl (C=O) groups excluding carboxylic acids is 1. The van der Waals surface area contributed by atoms with Crippen molar-refractivity contribution in [3.05, 3.63) is 60.2 Å². The van der Waals surface area contributed by atoms with Crippen LogP contribution in [0.5, 0.6) is 0 Å². The van der Waals surface area contributed by atoms with E-state index in [0.29, 0.717) is 13.2 Å². The quantitative estimate of drug-likeness (QED) is 0.200. The van der Waals surface area contributed by atoms with Crippen LogP contribution >= 0.6 is 0 Å². The molecule has 8 heteroatoms. The van der Waals surface area contributed by atoms with Crippen molar-refractivity contribution in [1.29, 1.82) is 0 Å².